The van der Waals surface area contributed by atoms with Crippen LogP contribution in [0.4, 0.5) is 0 Å². The van der Waals surface area contributed by atoms with Crippen molar-refractivity contribution >= 4 is 27.0 Å². The first-order valence-corrected chi connectivity index (χ1v) is 4.59. The van der Waals surface area contributed by atoms with Gasteiger partial charge in [0.15, 0.2) is 0 Å². The molecule has 12 heavy (non-hydrogen) atoms. The monoisotopic (exact) mass is 225 g/mol. The van der Waals surface area contributed by atoms with Gasteiger partial charge in [0.05, 0.1) is 17.5 Å². The molecule has 0 aliphatic heterocycles. The Morgan fingerprint density at radius 2 is 2.42 bits per heavy atom. The molecule has 0 aliphatic carbocycles. The van der Waals surface area contributed by atoms with E-state index in [0.29, 0.717) is 0 Å². The maximum absolute atomic E-state index is 4.33. The van der Waals surface area contributed by atoms with E-state index in [4.69, 9.17) is 0 Å². The van der Waals surface area contributed by atoms with Crippen LogP contribution >= 0.6 is 15.9 Å². The third-order valence-corrected chi connectivity index (χ3v) is 2.19. The highest BCUT2D eigenvalue weighted by molar-refractivity contribution is 9.10. The molecular weight excluding hydrogens is 218 g/mol. The highest BCUT2D eigenvalue weighted by atomic mass is 79.9. The minimum atomic E-state index is 0.858. The van der Waals surface area contributed by atoms with Crippen LogP contribution in [0.1, 0.15) is 12.6 Å². The molecule has 0 aromatic carbocycles. The molecule has 0 radical (unpaired) electrons. The number of rotatable bonds is 1. The van der Waals surface area contributed by atoms with Crippen LogP contribution in [0.2, 0.25) is 0 Å². The summed E-state index contributed by atoms with van der Waals surface area (Å²) in [7, 11) is 0. The molecule has 0 fully saturated rings. The molecule has 0 bridgehead atoms. The van der Waals surface area contributed by atoms with Crippen LogP contribution in [0, 0.1) is 0 Å². The third-order valence-electron chi connectivity index (χ3n) is 1.78. The Kier molecular flexibility index (Phi) is 1.84. The zero-order valence-corrected chi connectivity index (χ0v) is 8.22. The lowest BCUT2D eigenvalue weighted by Crippen LogP contribution is -1.89. The summed E-state index contributed by atoms with van der Waals surface area (Å²) in [4.78, 5) is 11.6. The number of aromatic nitrogens is 3. The van der Waals surface area contributed by atoms with Crippen molar-refractivity contribution in [3.63, 3.8) is 0 Å². The van der Waals surface area contributed by atoms with Gasteiger partial charge in [-0.05, 0) is 28.4 Å². The van der Waals surface area contributed by atoms with E-state index in [1.165, 1.54) is 0 Å². The van der Waals surface area contributed by atoms with Crippen LogP contribution in [-0.4, -0.2) is 15.0 Å². The second kappa shape index (κ2) is 2.86. The molecule has 0 aliphatic rings. The summed E-state index contributed by atoms with van der Waals surface area (Å²) in [6, 6.07) is 1.93. The summed E-state index contributed by atoms with van der Waals surface area (Å²) in [6.07, 6.45) is 2.60. The number of pyridine rings is 1. The lowest BCUT2D eigenvalue weighted by atomic mass is 10.2. The molecule has 0 spiro atoms. The molecule has 0 amide bonds. The van der Waals surface area contributed by atoms with Gasteiger partial charge < -0.3 is 4.98 Å². The van der Waals surface area contributed by atoms with Gasteiger partial charge in [-0.15, -0.1) is 0 Å². The first-order valence-electron chi connectivity index (χ1n) is 3.79. The molecule has 0 unspecified atom stereocenters. The number of hydrogen-bond donors (Lipinski definition) is 1. The lowest BCUT2D eigenvalue weighted by Gasteiger charge is -1.97. The number of hydrogen-bond acceptors (Lipinski definition) is 2. The van der Waals surface area contributed by atoms with Gasteiger partial charge in [-0.1, -0.05) is 6.92 Å². The van der Waals surface area contributed by atoms with E-state index in [-0.39, 0.29) is 0 Å². The number of imidazole rings is 1. The van der Waals surface area contributed by atoms with Gasteiger partial charge in [-0.2, -0.15) is 0 Å². The summed E-state index contributed by atoms with van der Waals surface area (Å²) in [6.45, 7) is 2.07. The molecule has 1 N–H and O–H groups in total. The second-order valence-corrected chi connectivity index (χ2v) is 3.36. The van der Waals surface area contributed by atoms with E-state index < -0.39 is 0 Å². The Morgan fingerprint density at radius 3 is 3.17 bits per heavy atom. The zero-order valence-electron chi connectivity index (χ0n) is 6.63. The van der Waals surface area contributed by atoms with Crippen LogP contribution in [0.15, 0.2) is 17.0 Å². The number of fused-ring (bicyclic) bond motifs is 1. The standard InChI is InChI=1S/C8H8BrN3/c1-2-5-8-6(10-4-11-8)3-7(9)12-5/h3-4H,2H2,1H3,(H,10,11). The van der Waals surface area contributed by atoms with Gasteiger partial charge in [-0.25, -0.2) is 9.97 Å². The minimum absolute atomic E-state index is 0.858. The van der Waals surface area contributed by atoms with Gasteiger partial charge in [0.1, 0.15) is 10.1 Å². The Labute approximate surface area is 78.4 Å². The normalized spacial score (nSPS) is 10.8. The molecule has 0 saturated carbocycles. The van der Waals surface area contributed by atoms with Crippen LogP contribution in [0.5, 0.6) is 0 Å². The molecule has 0 saturated heterocycles. The van der Waals surface area contributed by atoms with Gasteiger partial charge in [0.2, 0.25) is 0 Å². The van der Waals surface area contributed by atoms with Crippen molar-refractivity contribution in [1.82, 2.24) is 15.0 Å². The quantitative estimate of drug-likeness (QED) is 0.758. The minimum Gasteiger partial charge on any atom is -0.344 e. The first-order chi connectivity index (χ1) is 5.81. The summed E-state index contributed by atoms with van der Waals surface area (Å²) in [5.41, 5.74) is 3.04. The fraction of sp³-hybridized carbons (Fsp3) is 0.250. The molecular formula is C8H8BrN3. The average Bonchev–Trinajstić information content (AvgIpc) is 2.50. The maximum atomic E-state index is 4.33. The van der Waals surface area contributed by atoms with Crippen LogP contribution in [0.3, 0.4) is 0 Å². The molecule has 2 rings (SSSR count). The van der Waals surface area contributed by atoms with E-state index in [2.05, 4.69) is 37.8 Å². The Bertz CT molecular complexity index is 408. The highest BCUT2D eigenvalue weighted by Crippen LogP contribution is 2.17. The molecule has 3 nitrogen and oxygen atoms in total. The summed E-state index contributed by atoms with van der Waals surface area (Å²) >= 11 is 3.35. The van der Waals surface area contributed by atoms with Crippen molar-refractivity contribution in [3.8, 4) is 0 Å². The van der Waals surface area contributed by atoms with Gasteiger partial charge >= 0.3 is 0 Å². The number of aromatic amines is 1. The van der Waals surface area contributed by atoms with E-state index >= 15 is 0 Å². The van der Waals surface area contributed by atoms with Crippen LogP contribution < -0.4 is 0 Å². The Hall–Kier alpha value is -0.900. The number of H-pyrrole nitrogens is 1. The summed E-state index contributed by atoms with van der Waals surface area (Å²) in [5.74, 6) is 0. The third kappa shape index (κ3) is 1.12. The lowest BCUT2D eigenvalue weighted by molar-refractivity contribution is 1.04. The molecule has 2 heterocycles. The van der Waals surface area contributed by atoms with Crippen molar-refractivity contribution in [1.29, 1.82) is 0 Å². The average molecular weight is 226 g/mol. The van der Waals surface area contributed by atoms with Crippen molar-refractivity contribution in [2.75, 3.05) is 0 Å². The van der Waals surface area contributed by atoms with Gasteiger partial charge in [0.25, 0.3) is 0 Å². The number of nitrogens with zero attached hydrogens (tertiary/aromatic N) is 2. The molecule has 62 valence electrons. The van der Waals surface area contributed by atoms with E-state index in [0.717, 1.165) is 27.8 Å². The smallest absolute Gasteiger partial charge is 0.110 e. The van der Waals surface area contributed by atoms with Gasteiger partial charge in [0, 0.05) is 0 Å². The highest BCUT2D eigenvalue weighted by Gasteiger charge is 2.04. The number of nitrogens with one attached hydrogen (secondary N) is 1. The Balaban J connectivity index is 2.80. The first kappa shape index (κ1) is 7.73. The predicted molar refractivity (Wildman–Crippen MR) is 51.0 cm³/mol. The van der Waals surface area contributed by atoms with Crippen LogP contribution in [0.25, 0.3) is 11.0 Å². The number of aryl methyl sites for hydroxylation is 1. The van der Waals surface area contributed by atoms with Crippen LogP contribution in [-0.2, 0) is 6.42 Å². The van der Waals surface area contributed by atoms with Crippen molar-refractivity contribution in [2.45, 2.75) is 13.3 Å². The largest absolute Gasteiger partial charge is 0.344 e. The maximum Gasteiger partial charge on any atom is 0.110 e. The molecule has 4 heteroatoms. The predicted octanol–water partition coefficient (Wildman–Crippen LogP) is 2.28. The van der Waals surface area contributed by atoms with E-state index in [1.807, 2.05) is 6.07 Å². The number of halogens is 1. The zero-order chi connectivity index (χ0) is 8.55. The molecule has 0 atom stereocenters. The van der Waals surface area contributed by atoms with Crippen molar-refractivity contribution in [3.05, 3.63) is 22.7 Å². The topological polar surface area (TPSA) is 41.6 Å². The molecule has 2 aromatic rings. The SMILES string of the molecule is CCc1nc(Br)cc2[nH]cnc12. The van der Waals surface area contributed by atoms with Crippen molar-refractivity contribution in [2.24, 2.45) is 0 Å². The second-order valence-electron chi connectivity index (χ2n) is 2.54. The van der Waals surface area contributed by atoms with E-state index in [9.17, 15) is 0 Å². The van der Waals surface area contributed by atoms with Crippen molar-refractivity contribution < 1.29 is 0 Å². The summed E-state index contributed by atoms with van der Waals surface area (Å²) in [5, 5.41) is 0. The summed E-state index contributed by atoms with van der Waals surface area (Å²) < 4.78 is 0.858. The van der Waals surface area contributed by atoms with E-state index in [1.54, 1.807) is 6.33 Å². The molecule has 2 aromatic heterocycles. The van der Waals surface area contributed by atoms with Gasteiger partial charge in [-0.3, -0.25) is 0 Å². The Morgan fingerprint density at radius 1 is 1.58 bits per heavy atom. The fourth-order valence-corrected chi connectivity index (χ4v) is 1.67. The fourth-order valence-electron chi connectivity index (χ4n) is 1.22.